The van der Waals surface area contributed by atoms with Crippen molar-refractivity contribution in [2.45, 2.75) is 13.3 Å². The third-order valence-corrected chi connectivity index (χ3v) is 3.63. The van der Waals surface area contributed by atoms with Gasteiger partial charge in [0.1, 0.15) is 6.33 Å². The van der Waals surface area contributed by atoms with E-state index in [-0.39, 0.29) is 12.5 Å². The van der Waals surface area contributed by atoms with Crippen LogP contribution < -0.4 is 10.2 Å². The largest absolute Gasteiger partial charge is 0.358 e. The molecule has 0 unspecified atom stereocenters. The normalized spacial score (nSPS) is 10.8. The minimum atomic E-state index is -0.0781. The van der Waals surface area contributed by atoms with Gasteiger partial charge in [-0.2, -0.15) is 4.68 Å². The van der Waals surface area contributed by atoms with E-state index < -0.39 is 0 Å². The Morgan fingerprint density at radius 3 is 2.75 bits per heavy atom. The Hall–Kier alpha value is -3.03. The minimum Gasteiger partial charge on any atom is -0.358 e. The van der Waals surface area contributed by atoms with Gasteiger partial charge in [0.25, 0.3) is 0 Å². The summed E-state index contributed by atoms with van der Waals surface area (Å²) in [5.74, 6) is 0.540. The zero-order valence-corrected chi connectivity index (χ0v) is 13.7. The first-order valence-electron chi connectivity index (χ1n) is 7.82. The summed E-state index contributed by atoms with van der Waals surface area (Å²) < 4.78 is 1.67. The van der Waals surface area contributed by atoms with Crippen LogP contribution in [-0.4, -0.2) is 51.0 Å². The van der Waals surface area contributed by atoms with E-state index in [1.54, 1.807) is 11.7 Å². The maximum atomic E-state index is 11.8. The van der Waals surface area contributed by atoms with Gasteiger partial charge in [-0.1, -0.05) is 30.3 Å². The van der Waals surface area contributed by atoms with Crippen molar-refractivity contribution in [3.05, 3.63) is 36.7 Å². The first-order chi connectivity index (χ1) is 11.7. The van der Waals surface area contributed by atoms with Crippen molar-refractivity contribution in [3.63, 3.8) is 0 Å². The smallest absolute Gasteiger partial charge is 0.239 e. The topological polar surface area (TPSA) is 88.8 Å². The number of hydrogen-bond donors (Lipinski definition) is 1. The first-order valence-corrected chi connectivity index (χ1v) is 7.82. The maximum absolute atomic E-state index is 11.8. The molecule has 1 amide bonds. The van der Waals surface area contributed by atoms with Crippen LogP contribution in [0.2, 0.25) is 0 Å². The Balaban J connectivity index is 2.05. The first kappa shape index (κ1) is 15.9. The Bertz CT molecular complexity index is 831. The van der Waals surface area contributed by atoms with Crippen molar-refractivity contribution < 1.29 is 4.79 Å². The van der Waals surface area contributed by atoms with E-state index in [2.05, 4.69) is 32.5 Å². The lowest BCUT2D eigenvalue weighted by atomic mass is 10.3. The molecule has 1 aromatic carbocycles. The van der Waals surface area contributed by atoms with Crippen LogP contribution in [0.25, 0.3) is 16.9 Å². The van der Waals surface area contributed by atoms with Crippen molar-refractivity contribution in [1.82, 2.24) is 30.3 Å². The fraction of sp³-hybridized carbons (Fsp3) is 0.312. The number of nitrogens with one attached hydrogen (secondary N) is 1. The summed E-state index contributed by atoms with van der Waals surface area (Å²) in [6.45, 7) is 2.96. The number of carbonyl (C=O) groups is 1. The average Bonchev–Trinajstić information content (AvgIpc) is 3.06. The molecule has 8 heteroatoms. The second-order valence-corrected chi connectivity index (χ2v) is 5.30. The second kappa shape index (κ2) is 7.03. The molecule has 0 aliphatic rings. The molecule has 0 saturated carbocycles. The molecule has 0 aliphatic carbocycles. The summed E-state index contributed by atoms with van der Waals surface area (Å²) in [7, 11) is 1.62. The number of para-hydroxylation sites is 1. The van der Waals surface area contributed by atoms with Crippen LogP contribution in [0, 0.1) is 0 Å². The van der Waals surface area contributed by atoms with Crippen molar-refractivity contribution >= 4 is 22.9 Å². The molecule has 2 aromatic heterocycles. The highest BCUT2D eigenvalue weighted by molar-refractivity contribution is 5.87. The van der Waals surface area contributed by atoms with Crippen molar-refractivity contribution in [1.29, 1.82) is 0 Å². The number of rotatable bonds is 6. The molecule has 1 N–H and O–H groups in total. The quantitative estimate of drug-likeness (QED) is 0.732. The predicted molar refractivity (Wildman–Crippen MR) is 91.0 cm³/mol. The lowest BCUT2D eigenvalue weighted by molar-refractivity contribution is -0.119. The molecule has 8 nitrogen and oxygen atoms in total. The lowest BCUT2D eigenvalue weighted by Crippen LogP contribution is -2.36. The number of nitrogens with zero attached hydrogens (tertiary/aromatic N) is 6. The molecule has 0 atom stereocenters. The highest BCUT2D eigenvalue weighted by Crippen LogP contribution is 2.22. The predicted octanol–water partition coefficient (Wildman–Crippen LogP) is 1.17. The van der Waals surface area contributed by atoms with Gasteiger partial charge in [-0.05, 0) is 18.6 Å². The van der Waals surface area contributed by atoms with Crippen LogP contribution in [0.5, 0.6) is 0 Å². The Labute approximate surface area is 139 Å². The molecule has 24 heavy (non-hydrogen) atoms. The van der Waals surface area contributed by atoms with E-state index in [1.807, 2.05) is 35.2 Å². The third-order valence-electron chi connectivity index (χ3n) is 3.63. The van der Waals surface area contributed by atoms with Gasteiger partial charge in [0, 0.05) is 13.6 Å². The fourth-order valence-corrected chi connectivity index (χ4v) is 2.49. The molecule has 0 bridgehead atoms. The number of likely N-dealkylation sites (N-methyl/N-ethyl adjacent to an activating group) is 1. The van der Waals surface area contributed by atoms with Gasteiger partial charge in [0.05, 0.1) is 12.2 Å². The van der Waals surface area contributed by atoms with Crippen LogP contribution >= 0.6 is 0 Å². The number of carbonyl (C=O) groups excluding carboxylic acids is 1. The van der Waals surface area contributed by atoms with E-state index in [4.69, 9.17) is 0 Å². The molecular weight excluding hydrogens is 306 g/mol. The summed E-state index contributed by atoms with van der Waals surface area (Å²) >= 11 is 0. The van der Waals surface area contributed by atoms with Gasteiger partial charge in [0.2, 0.25) is 5.91 Å². The zero-order chi connectivity index (χ0) is 16.9. The summed E-state index contributed by atoms with van der Waals surface area (Å²) in [4.78, 5) is 22.4. The Morgan fingerprint density at radius 2 is 2.04 bits per heavy atom. The van der Waals surface area contributed by atoms with Gasteiger partial charge in [-0.15, -0.1) is 5.10 Å². The molecule has 0 aliphatic heterocycles. The van der Waals surface area contributed by atoms with Crippen molar-refractivity contribution in [3.8, 4) is 5.69 Å². The van der Waals surface area contributed by atoms with E-state index >= 15 is 0 Å². The van der Waals surface area contributed by atoms with Gasteiger partial charge in [-0.25, -0.2) is 9.97 Å². The molecule has 2 heterocycles. The monoisotopic (exact) mass is 325 g/mol. The van der Waals surface area contributed by atoms with Crippen molar-refractivity contribution in [2.24, 2.45) is 0 Å². The van der Waals surface area contributed by atoms with Gasteiger partial charge < -0.3 is 10.2 Å². The van der Waals surface area contributed by atoms with E-state index in [1.165, 1.54) is 6.33 Å². The summed E-state index contributed by atoms with van der Waals surface area (Å²) in [6, 6.07) is 9.67. The van der Waals surface area contributed by atoms with Gasteiger partial charge in [0.15, 0.2) is 17.0 Å². The van der Waals surface area contributed by atoms with Crippen LogP contribution in [0.4, 0.5) is 5.82 Å². The van der Waals surface area contributed by atoms with E-state index in [0.717, 1.165) is 12.1 Å². The van der Waals surface area contributed by atoms with Crippen LogP contribution in [0.3, 0.4) is 0 Å². The Kier molecular flexibility index (Phi) is 4.64. The number of hydrogen-bond acceptors (Lipinski definition) is 6. The number of amides is 1. The average molecular weight is 325 g/mol. The standard InChI is InChI=1S/C16H19N7O/c1-3-9-22(10-13(24)17-2)15-14-16(19-11-18-15)23(21-20-14)12-7-5-4-6-8-12/h4-8,11H,3,9-10H2,1-2H3,(H,17,24). The molecule has 0 saturated heterocycles. The SMILES string of the molecule is CCCN(CC(=O)NC)c1ncnc2c1nnn2-c1ccccc1. The summed E-state index contributed by atoms with van der Waals surface area (Å²) in [5.41, 5.74) is 2.07. The number of benzene rings is 1. The molecular formula is C16H19N7O. The molecule has 0 radical (unpaired) electrons. The van der Waals surface area contributed by atoms with Gasteiger partial charge in [-0.3, -0.25) is 4.79 Å². The second-order valence-electron chi connectivity index (χ2n) is 5.30. The van der Waals surface area contributed by atoms with Crippen LogP contribution in [0.15, 0.2) is 36.7 Å². The van der Waals surface area contributed by atoms with Crippen LogP contribution in [-0.2, 0) is 4.79 Å². The third kappa shape index (κ3) is 3.03. The molecule has 3 rings (SSSR count). The van der Waals surface area contributed by atoms with Gasteiger partial charge >= 0.3 is 0 Å². The molecule has 0 spiro atoms. The number of fused-ring (bicyclic) bond motifs is 1. The fourth-order valence-electron chi connectivity index (χ4n) is 2.49. The van der Waals surface area contributed by atoms with Crippen molar-refractivity contribution in [2.75, 3.05) is 25.0 Å². The lowest BCUT2D eigenvalue weighted by Gasteiger charge is -2.21. The van der Waals surface area contributed by atoms with E-state index in [9.17, 15) is 4.79 Å². The summed E-state index contributed by atoms with van der Waals surface area (Å²) in [5, 5.41) is 11.1. The van der Waals surface area contributed by atoms with Crippen LogP contribution in [0.1, 0.15) is 13.3 Å². The molecule has 3 aromatic rings. The van der Waals surface area contributed by atoms with E-state index in [0.29, 0.717) is 23.5 Å². The highest BCUT2D eigenvalue weighted by Gasteiger charge is 2.19. The minimum absolute atomic E-state index is 0.0781. The summed E-state index contributed by atoms with van der Waals surface area (Å²) in [6.07, 6.45) is 2.36. The number of aromatic nitrogens is 5. The Morgan fingerprint density at radius 1 is 1.25 bits per heavy atom. The zero-order valence-electron chi connectivity index (χ0n) is 13.7. The maximum Gasteiger partial charge on any atom is 0.239 e. The number of anilines is 1. The molecule has 0 fully saturated rings. The molecule has 124 valence electrons. The highest BCUT2D eigenvalue weighted by atomic mass is 16.1.